The number of benzene rings is 1. The van der Waals surface area contributed by atoms with Crippen LogP contribution in [0.2, 0.25) is 5.02 Å². The van der Waals surface area contributed by atoms with Gasteiger partial charge in [-0.2, -0.15) is 4.68 Å². The minimum Gasteiger partial charge on any atom is -0.486 e. The minimum absolute atomic E-state index is 0.0392. The molecule has 9 heteroatoms. The summed E-state index contributed by atoms with van der Waals surface area (Å²) in [5, 5.41) is 6.70. The molecule has 2 heterocycles. The predicted molar refractivity (Wildman–Crippen MR) is 132 cm³/mol. The van der Waals surface area contributed by atoms with Crippen LogP contribution in [0.4, 0.5) is 5.95 Å². The van der Waals surface area contributed by atoms with Crippen molar-refractivity contribution in [1.29, 1.82) is 0 Å². The molecule has 3 aliphatic rings. The Morgan fingerprint density at radius 3 is 2.91 bits per heavy atom. The molecule has 3 atom stereocenters. The number of amides is 1. The average molecular weight is 484 g/mol. The van der Waals surface area contributed by atoms with Gasteiger partial charge in [-0.05, 0) is 57.1 Å². The number of rotatable bonds is 7. The molecule has 8 nitrogen and oxygen atoms in total. The second kappa shape index (κ2) is 9.70. The molecule has 0 bridgehead atoms. The Balaban J connectivity index is 1.29. The zero-order valence-electron chi connectivity index (χ0n) is 19.2. The summed E-state index contributed by atoms with van der Waals surface area (Å²) in [6.07, 6.45) is 11.1. The lowest BCUT2D eigenvalue weighted by Gasteiger charge is -2.32. The highest BCUT2D eigenvalue weighted by atomic mass is 35.5. The number of halogens is 1. The Morgan fingerprint density at radius 1 is 1.32 bits per heavy atom. The van der Waals surface area contributed by atoms with Gasteiger partial charge in [0.15, 0.2) is 0 Å². The molecule has 0 radical (unpaired) electrons. The normalized spacial score (nSPS) is 22.2. The van der Waals surface area contributed by atoms with Gasteiger partial charge in [0.05, 0.1) is 16.3 Å². The van der Waals surface area contributed by atoms with Crippen LogP contribution < -0.4 is 26.4 Å². The largest absolute Gasteiger partial charge is 0.486 e. The molecule has 180 valence electrons. The zero-order valence-corrected chi connectivity index (χ0v) is 20.0. The average Bonchev–Trinajstić information content (AvgIpc) is 3.22. The molecule has 1 aliphatic heterocycles. The molecule has 2 aromatic rings. The Labute approximate surface area is 203 Å². The van der Waals surface area contributed by atoms with Gasteiger partial charge in [0.25, 0.3) is 11.5 Å². The Kier molecular flexibility index (Phi) is 6.50. The first kappa shape index (κ1) is 22.8. The molecule has 1 saturated carbocycles. The fraction of sp³-hybridized carbons (Fsp3) is 0.480. The Bertz CT molecular complexity index is 1160. The van der Waals surface area contributed by atoms with Crippen molar-refractivity contribution in [2.45, 2.75) is 64.3 Å². The summed E-state index contributed by atoms with van der Waals surface area (Å²) in [5.41, 5.74) is 3.77. The van der Waals surface area contributed by atoms with Crippen molar-refractivity contribution in [3.63, 3.8) is 0 Å². The number of anilines is 1. The van der Waals surface area contributed by atoms with Gasteiger partial charge >= 0.3 is 0 Å². The van der Waals surface area contributed by atoms with Crippen LogP contribution in [0.1, 0.15) is 61.5 Å². The topological polar surface area (TPSA) is 97.3 Å². The first-order chi connectivity index (χ1) is 16.5. The summed E-state index contributed by atoms with van der Waals surface area (Å²) in [7, 11) is 0. The van der Waals surface area contributed by atoms with Crippen LogP contribution in [0.5, 0.6) is 5.75 Å². The SMILES string of the molecule is CC(NC(=O)c1c(Cl)cccc1OCc1cc(=O)n2c(n1)NC(C1C=CCCC1)N2)C1CCC1. The van der Waals surface area contributed by atoms with Crippen molar-refractivity contribution < 1.29 is 9.53 Å². The summed E-state index contributed by atoms with van der Waals surface area (Å²) in [5.74, 6) is 1.38. The maximum Gasteiger partial charge on any atom is 0.273 e. The molecule has 1 aromatic carbocycles. The monoisotopic (exact) mass is 483 g/mol. The summed E-state index contributed by atoms with van der Waals surface area (Å²) < 4.78 is 7.39. The van der Waals surface area contributed by atoms with Crippen molar-refractivity contribution in [3.05, 3.63) is 63.1 Å². The van der Waals surface area contributed by atoms with Crippen molar-refractivity contribution >= 4 is 23.5 Å². The van der Waals surface area contributed by atoms with Crippen molar-refractivity contribution in [3.8, 4) is 5.75 Å². The van der Waals surface area contributed by atoms with Crippen molar-refractivity contribution in [2.75, 3.05) is 10.7 Å². The van der Waals surface area contributed by atoms with E-state index in [1.54, 1.807) is 18.2 Å². The fourth-order valence-corrected chi connectivity index (χ4v) is 5.04. The van der Waals surface area contributed by atoms with Crippen LogP contribution in [-0.2, 0) is 6.61 Å². The summed E-state index contributed by atoms with van der Waals surface area (Å²) >= 11 is 6.38. The minimum atomic E-state index is -0.253. The van der Waals surface area contributed by atoms with Crippen molar-refractivity contribution in [2.24, 2.45) is 11.8 Å². The molecule has 1 amide bonds. The maximum atomic E-state index is 13.0. The van der Waals surface area contributed by atoms with Gasteiger partial charge in [-0.3, -0.25) is 15.0 Å². The highest BCUT2D eigenvalue weighted by molar-refractivity contribution is 6.34. The quantitative estimate of drug-likeness (QED) is 0.514. The third kappa shape index (κ3) is 4.64. The Morgan fingerprint density at radius 2 is 2.18 bits per heavy atom. The van der Waals surface area contributed by atoms with Crippen LogP contribution in [0, 0.1) is 11.8 Å². The number of nitrogens with zero attached hydrogens (tertiary/aromatic N) is 2. The molecule has 34 heavy (non-hydrogen) atoms. The van der Waals surface area contributed by atoms with Gasteiger partial charge in [0.1, 0.15) is 18.5 Å². The van der Waals surface area contributed by atoms with Crippen LogP contribution in [0.25, 0.3) is 0 Å². The highest BCUT2D eigenvalue weighted by Crippen LogP contribution is 2.31. The number of carbonyl (C=O) groups is 1. The number of fused-ring (bicyclic) bond motifs is 1. The van der Waals surface area contributed by atoms with E-state index in [-0.39, 0.29) is 30.3 Å². The maximum absolute atomic E-state index is 13.0. The van der Waals surface area contributed by atoms with Crippen LogP contribution in [0.3, 0.4) is 0 Å². The number of allylic oxidation sites excluding steroid dienone is 1. The lowest BCUT2D eigenvalue weighted by Crippen LogP contribution is -2.40. The third-order valence-corrected chi connectivity index (χ3v) is 7.35. The summed E-state index contributed by atoms with van der Waals surface area (Å²) in [4.78, 5) is 30.2. The second-order valence-electron chi connectivity index (χ2n) is 9.37. The molecule has 3 N–H and O–H groups in total. The smallest absolute Gasteiger partial charge is 0.273 e. The number of carbonyl (C=O) groups excluding carboxylic acids is 1. The number of hydrogen-bond donors (Lipinski definition) is 3. The van der Waals surface area contributed by atoms with Gasteiger partial charge in [0.2, 0.25) is 5.95 Å². The summed E-state index contributed by atoms with van der Waals surface area (Å²) in [6.45, 7) is 2.07. The van der Waals surface area contributed by atoms with E-state index in [0.29, 0.717) is 39.8 Å². The summed E-state index contributed by atoms with van der Waals surface area (Å²) in [6, 6.07) is 6.64. The Hall–Kier alpha value is -3.00. The van der Waals surface area contributed by atoms with Gasteiger partial charge < -0.3 is 15.4 Å². The molecule has 1 aromatic heterocycles. The fourth-order valence-electron chi connectivity index (χ4n) is 4.79. The van der Waals surface area contributed by atoms with E-state index < -0.39 is 0 Å². The molecular formula is C25H30ClN5O3. The first-order valence-electron chi connectivity index (χ1n) is 12.0. The second-order valence-corrected chi connectivity index (χ2v) is 9.78. The van der Waals surface area contributed by atoms with Crippen LogP contribution >= 0.6 is 11.6 Å². The van der Waals surface area contributed by atoms with E-state index in [1.807, 2.05) is 6.92 Å². The van der Waals surface area contributed by atoms with Crippen LogP contribution in [-0.4, -0.2) is 27.8 Å². The number of ether oxygens (including phenoxy) is 1. The highest BCUT2D eigenvalue weighted by Gasteiger charge is 2.29. The third-order valence-electron chi connectivity index (χ3n) is 7.04. The first-order valence-corrected chi connectivity index (χ1v) is 12.4. The molecule has 5 rings (SSSR count). The van der Waals surface area contributed by atoms with E-state index in [4.69, 9.17) is 16.3 Å². The lowest BCUT2D eigenvalue weighted by molar-refractivity contribution is 0.0905. The number of nitrogens with one attached hydrogen (secondary N) is 3. The van der Waals surface area contributed by atoms with E-state index in [9.17, 15) is 9.59 Å². The van der Waals surface area contributed by atoms with Gasteiger partial charge in [-0.15, -0.1) is 0 Å². The van der Waals surface area contributed by atoms with E-state index in [0.717, 1.165) is 32.1 Å². The predicted octanol–water partition coefficient (Wildman–Crippen LogP) is 4.05. The van der Waals surface area contributed by atoms with Crippen molar-refractivity contribution in [1.82, 2.24) is 15.0 Å². The van der Waals surface area contributed by atoms with E-state index in [1.165, 1.54) is 17.2 Å². The zero-order chi connectivity index (χ0) is 23.7. The molecule has 0 saturated heterocycles. The van der Waals surface area contributed by atoms with Gasteiger partial charge in [-0.1, -0.05) is 36.2 Å². The molecule has 2 aliphatic carbocycles. The van der Waals surface area contributed by atoms with E-state index in [2.05, 4.69) is 33.2 Å². The molecule has 1 fully saturated rings. The number of aromatic nitrogens is 2. The molecule has 3 unspecified atom stereocenters. The van der Waals surface area contributed by atoms with Crippen LogP contribution in [0.15, 0.2) is 41.2 Å². The lowest BCUT2D eigenvalue weighted by atomic mass is 9.80. The molecule has 0 spiro atoms. The standard InChI is InChI=1S/C25H30ClN5O3/c1-15(16-9-5-10-16)27-24(33)22-19(26)11-6-12-20(22)34-14-18-13-21(32)31-25(28-18)29-23(30-31)17-7-3-2-4-8-17/h3,6-7,11-13,15-17,23,30H,2,4-5,8-10,14H2,1H3,(H,27,33)(H,28,29). The molecular weight excluding hydrogens is 454 g/mol. The number of hydrogen-bond acceptors (Lipinski definition) is 6. The van der Waals surface area contributed by atoms with Gasteiger partial charge in [-0.25, -0.2) is 4.98 Å². The van der Waals surface area contributed by atoms with Gasteiger partial charge in [0, 0.05) is 18.0 Å². The van der Waals surface area contributed by atoms with E-state index >= 15 is 0 Å².